The van der Waals surface area contributed by atoms with Gasteiger partial charge in [0.15, 0.2) is 0 Å². The molecule has 2 aromatic carbocycles. The van der Waals surface area contributed by atoms with Crippen molar-refractivity contribution in [2.24, 2.45) is 0 Å². The highest BCUT2D eigenvalue weighted by molar-refractivity contribution is 7.09. The lowest BCUT2D eigenvalue weighted by Crippen LogP contribution is -2.12. The number of hydrogen-bond donors (Lipinski definition) is 1. The fraction of sp³-hybridized carbons (Fsp3) is 0.111. The number of anilines is 1. The standard InChI is InChI=1S/C18H14Cl2N2O2S/c1-11-21-13(10-25-11)9-24-14-5-2-4-12(8-14)18(23)22-16-7-3-6-15(19)17(16)20/h2-8,10H,9H2,1H3,(H,22,23). The van der Waals surface area contributed by atoms with Crippen LogP contribution in [-0.2, 0) is 6.61 Å². The number of carbonyl (C=O) groups excluding carboxylic acids is 1. The molecule has 0 aliphatic rings. The molecule has 128 valence electrons. The molecule has 1 heterocycles. The highest BCUT2D eigenvalue weighted by Gasteiger charge is 2.11. The summed E-state index contributed by atoms with van der Waals surface area (Å²) in [6.45, 7) is 2.30. The van der Waals surface area contributed by atoms with Crippen LogP contribution in [0.5, 0.6) is 5.75 Å². The Hall–Kier alpha value is -2.08. The summed E-state index contributed by atoms with van der Waals surface area (Å²) in [5.41, 5.74) is 1.79. The molecule has 0 aliphatic heterocycles. The highest BCUT2D eigenvalue weighted by Crippen LogP contribution is 2.30. The Morgan fingerprint density at radius 2 is 2.04 bits per heavy atom. The molecule has 3 aromatic rings. The number of halogens is 2. The van der Waals surface area contributed by atoms with Crippen molar-refractivity contribution in [3.8, 4) is 5.75 Å². The monoisotopic (exact) mass is 392 g/mol. The zero-order chi connectivity index (χ0) is 17.8. The number of hydrogen-bond acceptors (Lipinski definition) is 4. The number of ether oxygens (including phenoxy) is 1. The second kappa shape index (κ2) is 7.87. The average Bonchev–Trinajstić information content (AvgIpc) is 3.03. The normalized spacial score (nSPS) is 10.5. The predicted octanol–water partition coefficient (Wildman–Crippen LogP) is 5.59. The number of carbonyl (C=O) groups is 1. The first-order valence-corrected chi connectivity index (χ1v) is 9.06. The molecule has 0 aliphatic carbocycles. The SMILES string of the molecule is Cc1nc(COc2cccc(C(=O)Nc3cccc(Cl)c3Cl)c2)cs1. The molecular formula is C18H14Cl2N2O2S. The van der Waals surface area contributed by atoms with E-state index in [9.17, 15) is 4.79 Å². The van der Waals surface area contributed by atoms with Crippen molar-refractivity contribution in [2.75, 3.05) is 5.32 Å². The van der Waals surface area contributed by atoms with E-state index in [0.717, 1.165) is 10.7 Å². The Labute approximate surface area is 159 Å². The van der Waals surface area contributed by atoms with Gasteiger partial charge < -0.3 is 10.1 Å². The fourth-order valence-corrected chi connectivity index (χ4v) is 3.10. The molecule has 25 heavy (non-hydrogen) atoms. The lowest BCUT2D eigenvalue weighted by atomic mass is 10.2. The second-order valence-electron chi connectivity index (χ2n) is 5.23. The Bertz CT molecular complexity index is 912. The van der Waals surface area contributed by atoms with Gasteiger partial charge in [-0.2, -0.15) is 0 Å². The van der Waals surface area contributed by atoms with Crippen LogP contribution in [0.25, 0.3) is 0 Å². The van der Waals surface area contributed by atoms with Gasteiger partial charge in [-0.15, -0.1) is 11.3 Å². The summed E-state index contributed by atoms with van der Waals surface area (Å²) in [6, 6.07) is 12.0. The molecule has 0 unspecified atom stereocenters. The summed E-state index contributed by atoms with van der Waals surface area (Å²) >= 11 is 13.6. The third-order valence-electron chi connectivity index (χ3n) is 3.35. The molecule has 1 aromatic heterocycles. The van der Waals surface area contributed by atoms with Crippen LogP contribution in [-0.4, -0.2) is 10.9 Å². The van der Waals surface area contributed by atoms with Gasteiger partial charge in [-0.25, -0.2) is 4.98 Å². The maximum absolute atomic E-state index is 12.4. The Morgan fingerprint density at radius 3 is 2.80 bits per heavy atom. The Morgan fingerprint density at radius 1 is 1.24 bits per heavy atom. The van der Waals surface area contributed by atoms with Crippen molar-refractivity contribution < 1.29 is 9.53 Å². The molecule has 1 N–H and O–H groups in total. The summed E-state index contributed by atoms with van der Waals surface area (Å²) in [5.74, 6) is 0.301. The van der Waals surface area contributed by atoms with E-state index in [1.54, 1.807) is 53.8 Å². The zero-order valence-corrected chi connectivity index (χ0v) is 15.6. The number of rotatable bonds is 5. The minimum absolute atomic E-state index is 0.292. The zero-order valence-electron chi connectivity index (χ0n) is 13.3. The maximum atomic E-state index is 12.4. The van der Waals surface area contributed by atoms with Gasteiger partial charge in [-0.1, -0.05) is 35.3 Å². The van der Waals surface area contributed by atoms with Crippen LogP contribution in [0, 0.1) is 6.92 Å². The predicted molar refractivity (Wildman–Crippen MR) is 102 cm³/mol. The summed E-state index contributed by atoms with van der Waals surface area (Å²) in [6.07, 6.45) is 0. The number of amides is 1. The van der Waals surface area contributed by atoms with Gasteiger partial charge in [0.25, 0.3) is 5.91 Å². The molecule has 1 amide bonds. The molecule has 0 saturated carbocycles. The molecule has 7 heteroatoms. The van der Waals surface area contributed by atoms with Crippen molar-refractivity contribution >= 4 is 46.1 Å². The molecule has 4 nitrogen and oxygen atoms in total. The first-order valence-electron chi connectivity index (χ1n) is 7.42. The molecule has 3 rings (SSSR count). The van der Waals surface area contributed by atoms with Crippen LogP contribution in [0.1, 0.15) is 21.1 Å². The van der Waals surface area contributed by atoms with Gasteiger partial charge in [0.1, 0.15) is 12.4 Å². The van der Waals surface area contributed by atoms with Crippen molar-refractivity contribution in [2.45, 2.75) is 13.5 Å². The van der Waals surface area contributed by atoms with Gasteiger partial charge in [-0.05, 0) is 37.3 Å². The summed E-state index contributed by atoms with van der Waals surface area (Å²) in [7, 11) is 0. The van der Waals surface area contributed by atoms with Crippen LogP contribution in [0.15, 0.2) is 47.8 Å². The second-order valence-corrected chi connectivity index (χ2v) is 7.08. The molecule has 0 fully saturated rings. The summed E-state index contributed by atoms with van der Waals surface area (Å²) in [5, 5.41) is 6.39. The first-order chi connectivity index (χ1) is 12.0. The van der Waals surface area contributed by atoms with Crippen LogP contribution in [0.3, 0.4) is 0 Å². The average molecular weight is 393 g/mol. The molecule has 0 saturated heterocycles. The Balaban J connectivity index is 1.69. The van der Waals surface area contributed by atoms with Crippen LogP contribution in [0.2, 0.25) is 10.0 Å². The van der Waals surface area contributed by atoms with E-state index in [4.69, 9.17) is 27.9 Å². The number of benzene rings is 2. The van der Waals surface area contributed by atoms with E-state index < -0.39 is 0 Å². The van der Waals surface area contributed by atoms with Gasteiger partial charge in [0.05, 0.1) is 26.4 Å². The Kier molecular flexibility index (Phi) is 5.58. The molecule has 0 radical (unpaired) electrons. The van der Waals surface area contributed by atoms with Gasteiger partial charge in [0, 0.05) is 10.9 Å². The quantitative estimate of drug-likeness (QED) is 0.615. The lowest BCUT2D eigenvalue weighted by Gasteiger charge is -2.10. The third-order valence-corrected chi connectivity index (χ3v) is 4.99. The van der Waals surface area contributed by atoms with E-state index in [-0.39, 0.29) is 5.91 Å². The maximum Gasteiger partial charge on any atom is 0.255 e. The number of aryl methyl sites for hydroxylation is 1. The number of thiazole rings is 1. The smallest absolute Gasteiger partial charge is 0.255 e. The highest BCUT2D eigenvalue weighted by atomic mass is 35.5. The molecule has 0 atom stereocenters. The van der Waals surface area contributed by atoms with Gasteiger partial charge in [0.2, 0.25) is 0 Å². The van der Waals surface area contributed by atoms with Crippen LogP contribution >= 0.6 is 34.5 Å². The van der Waals surface area contributed by atoms with Crippen molar-refractivity contribution in [3.05, 3.63) is 74.2 Å². The van der Waals surface area contributed by atoms with E-state index in [0.29, 0.717) is 33.7 Å². The minimum Gasteiger partial charge on any atom is -0.487 e. The molecule has 0 bridgehead atoms. The number of nitrogens with one attached hydrogen (secondary N) is 1. The first kappa shape index (κ1) is 17.7. The topological polar surface area (TPSA) is 51.2 Å². The van der Waals surface area contributed by atoms with Crippen LogP contribution in [0.4, 0.5) is 5.69 Å². The lowest BCUT2D eigenvalue weighted by molar-refractivity contribution is 0.102. The van der Waals surface area contributed by atoms with Crippen molar-refractivity contribution in [3.63, 3.8) is 0 Å². The summed E-state index contributed by atoms with van der Waals surface area (Å²) < 4.78 is 5.71. The van der Waals surface area contributed by atoms with Gasteiger partial charge in [-0.3, -0.25) is 4.79 Å². The largest absolute Gasteiger partial charge is 0.487 e. The molecular weight excluding hydrogens is 379 g/mol. The van der Waals surface area contributed by atoms with E-state index >= 15 is 0 Å². The van der Waals surface area contributed by atoms with Crippen molar-refractivity contribution in [1.29, 1.82) is 0 Å². The van der Waals surface area contributed by atoms with Gasteiger partial charge >= 0.3 is 0 Å². The van der Waals surface area contributed by atoms with Crippen LogP contribution < -0.4 is 10.1 Å². The van der Waals surface area contributed by atoms with E-state index in [1.807, 2.05) is 12.3 Å². The number of nitrogens with zero attached hydrogens (tertiary/aromatic N) is 1. The number of aromatic nitrogens is 1. The van der Waals surface area contributed by atoms with E-state index in [2.05, 4.69) is 10.3 Å². The van der Waals surface area contributed by atoms with Crippen molar-refractivity contribution in [1.82, 2.24) is 4.98 Å². The fourth-order valence-electron chi connectivity index (χ4n) is 2.15. The molecule has 0 spiro atoms. The third kappa shape index (κ3) is 4.51. The summed E-state index contributed by atoms with van der Waals surface area (Å²) in [4.78, 5) is 16.8. The van der Waals surface area contributed by atoms with E-state index in [1.165, 1.54) is 0 Å². The minimum atomic E-state index is -0.292.